The van der Waals surface area contributed by atoms with E-state index in [0.717, 1.165) is 12.6 Å². The number of hydrogen-bond donors (Lipinski definition) is 1. The van der Waals surface area contributed by atoms with Crippen LogP contribution in [0.2, 0.25) is 0 Å². The summed E-state index contributed by atoms with van der Waals surface area (Å²) in [7, 11) is 2.07. The van der Waals surface area contributed by atoms with Crippen molar-refractivity contribution in [3.05, 3.63) is 0 Å². The molecule has 1 rings (SSSR count). The summed E-state index contributed by atoms with van der Waals surface area (Å²) in [5, 5.41) is 3.36. The maximum absolute atomic E-state index is 3.36. The molecule has 1 N–H and O–H groups in total. The van der Waals surface area contributed by atoms with E-state index in [9.17, 15) is 0 Å². The molecule has 1 unspecified atom stereocenters. The van der Waals surface area contributed by atoms with Crippen LogP contribution in [0.4, 0.5) is 0 Å². The Hall–Kier alpha value is -0.0800. The van der Waals surface area contributed by atoms with Crippen LogP contribution in [-0.2, 0) is 0 Å². The molecule has 0 aliphatic heterocycles. The SMILES string of the molecule is CCN(CC(C)(CC)CNC)C1CCCCC1. The fraction of sp³-hybridized carbons (Fsp3) is 1.00. The fourth-order valence-electron chi connectivity index (χ4n) is 3.16. The Morgan fingerprint density at radius 3 is 2.29 bits per heavy atom. The van der Waals surface area contributed by atoms with E-state index >= 15 is 0 Å². The average molecular weight is 240 g/mol. The Labute approximate surface area is 108 Å². The maximum atomic E-state index is 3.36. The highest BCUT2D eigenvalue weighted by atomic mass is 15.2. The zero-order valence-electron chi connectivity index (χ0n) is 12.4. The Balaban J connectivity index is 2.54. The predicted octanol–water partition coefficient (Wildman–Crippen LogP) is 3.28. The van der Waals surface area contributed by atoms with Gasteiger partial charge in [0.05, 0.1) is 0 Å². The standard InChI is InChI=1S/C15H32N2/c1-5-15(3,12-16-4)13-17(6-2)14-10-8-7-9-11-14/h14,16H,5-13H2,1-4H3. The normalized spacial score (nSPS) is 21.7. The fourth-order valence-corrected chi connectivity index (χ4v) is 3.16. The summed E-state index contributed by atoms with van der Waals surface area (Å²) < 4.78 is 0. The molecule has 1 aliphatic rings. The van der Waals surface area contributed by atoms with Gasteiger partial charge in [-0.15, -0.1) is 0 Å². The third-order valence-electron chi connectivity index (χ3n) is 4.54. The van der Waals surface area contributed by atoms with Crippen molar-refractivity contribution < 1.29 is 0 Å². The molecule has 0 spiro atoms. The lowest BCUT2D eigenvalue weighted by Gasteiger charge is -2.40. The second-order valence-electron chi connectivity index (χ2n) is 6.05. The molecule has 2 nitrogen and oxygen atoms in total. The summed E-state index contributed by atoms with van der Waals surface area (Å²) in [5.74, 6) is 0. The van der Waals surface area contributed by atoms with Crippen molar-refractivity contribution in [3.63, 3.8) is 0 Å². The lowest BCUT2D eigenvalue weighted by Crippen LogP contribution is -2.46. The molecule has 1 saturated carbocycles. The molecule has 0 heterocycles. The molecule has 0 aromatic heterocycles. The van der Waals surface area contributed by atoms with Crippen molar-refractivity contribution in [3.8, 4) is 0 Å². The molecule has 0 aromatic carbocycles. The third-order valence-corrected chi connectivity index (χ3v) is 4.54. The molecule has 1 atom stereocenters. The molecule has 1 fully saturated rings. The number of rotatable bonds is 7. The molecule has 17 heavy (non-hydrogen) atoms. The molecule has 0 bridgehead atoms. The van der Waals surface area contributed by atoms with E-state index < -0.39 is 0 Å². The van der Waals surface area contributed by atoms with Crippen LogP contribution in [-0.4, -0.2) is 37.6 Å². The second kappa shape index (κ2) is 7.38. The van der Waals surface area contributed by atoms with E-state index in [1.165, 1.54) is 51.6 Å². The van der Waals surface area contributed by atoms with E-state index in [2.05, 4.69) is 38.0 Å². The molecule has 0 saturated heterocycles. The van der Waals surface area contributed by atoms with Crippen molar-refractivity contribution in [2.24, 2.45) is 5.41 Å². The summed E-state index contributed by atoms with van der Waals surface area (Å²) in [5.41, 5.74) is 0.433. The Morgan fingerprint density at radius 2 is 1.82 bits per heavy atom. The van der Waals surface area contributed by atoms with Crippen molar-refractivity contribution >= 4 is 0 Å². The monoisotopic (exact) mass is 240 g/mol. The van der Waals surface area contributed by atoms with Crippen LogP contribution in [0.3, 0.4) is 0 Å². The Kier molecular flexibility index (Phi) is 6.50. The molecule has 0 radical (unpaired) electrons. The van der Waals surface area contributed by atoms with Crippen molar-refractivity contribution in [2.45, 2.75) is 65.3 Å². The van der Waals surface area contributed by atoms with Crippen LogP contribution in [0.15, 0.2) is 0 Å². The summed E-state index contributed by atoms with van der Waals surface area (Å²) in [6.07, 6.45) is 8.44. The van der Waals surface area contributed by atoms with Gasteiger partial charge in [0, 0.05) is 19.1 Å². The number of hydrogen-bond acceptors (Lipinski definition) is 2. The lowest BCUT2D eigenvalue weighted by molar-refractivity contribution is 0.0984. The first-order valence-electron chi connectivity index (χ1n) is 7.54. The van der Waals surface area contributed by atoms with Crippen LogP contribution in [0.25, 0.3) is 0 Å². The molecule has 102 valence electrons. The minimum Gasteiger partial charge on any atom is -0.319 e. The van der Waals surface area contributed by atoms with Gasteiger partial charge in [0.2, 0.25) is 0 Å². The zero-order chi connectivity index (χ0) is 12.7. The van der Waals surface area contributed by atoms with Crippen LogP contribution in [0.5, 0.6) is 0 Å². The molecule has 2 heteroatoms. The van der Waals surface area contributed by atoms with Crippen LogP contribution < -0.4 is 5.32 Å². The van der Waals surface area contributed by atoms with Gasteiger partial charge < -0.3 is 10.2 Å². The van der Waals surface area contributed by atoms with Gasteiger partial charge >= 0.3 is 0 Å². The van der Waals surface area contributed by atoms with E-state index in [4.69, 9.17) is 0 Å². The largest absolute Gasteiger partial charge is 0.319 e. The van der Waals surface area contributed by atoms with E-state index in [-0.39, 0.29) is 0 Å². The molecule has 0 aromatic rings. The van der Waals surface area contributed by atoms with Gasteiger partial charge in [0.1, 0.15) is 0 Å². The first-order valence-corrected chi connectivity index (χ1v) is 7.54. The van der Waals surface area contributed by atoms with Gasteiger partial charge in [0.15, 0.2) is 0 Å². The Morgan fingerprint density at radius 1 is 1.18 bits per heavy atom. The average Bonchev–Trinajstić information content (AvgIpc) is 2.37. The molecule has 0 amide bonds. The molecular weight excluding hydrogens is 208 g/mol. The smallest absolute Gasteiger partial charge is 0.00953 e. The predicted molar refractivity (Wildman–Crippen MR) is 76.4 cm³/mol. The quantitative estimate of drug-likeness (QED) is 0.735. The van der Waals surface area contributed by atoms with E-state index in [1.807, 2.05) is 0 Å². The summed E-state index contributed by atoms with van der Waals surface area (Å²) in [6, 6.07) is 0.858. The summed E-state index contributed by atoms with van der Waals surface area (Å²) in [6.45, 7) is 10.7. The number of nitrogens with one attached hydrogen (secondary N) is 1. The maximum Gasteiger partial charge on any atom is 0.00953 e. The van der Waals surface area contributed by atoms with Crippen LogP contribution in [0.1, 0.15) is 59.3 Å². The molecule has 1 aliphatic carbocycles. The van der Waals surface area contributed by atoms with Gasteiger partial charge in [-0.25, -0.2) is 0 Å². The minimum atomic E-state index is 0.433. The van der Waals surface area contributed by atoms with Crippen molar-refractivity contribution in [2.75, 3.05) is 26.7 Å². The van der Waals surface area contributed by atoms with Gasteiger partial charge in [0.25, 0.3) is 0 Å². The second-order valence-corrected chi connectivity index (χ2v) is 6.05. The first kappa shape index (κ1) is 15.0. The van der Waals surface area contributed by atoms with E-state index in [0.29, 0.717) is 5.41 Å². The lowest BCUT2D eigenvalue weighted by atomic mass is 9.85. The van der Waals surface area contributed by atoms with Crippen LogP contribution >= 0.6 is 0 Å². The topological polar surface area (TPSA) is 15.3 Å². The van der Waals surface area contributed by atoms with Crippen molar-refractivity contribution in [1.82, 2.24) is 10.2 Å². The van der Waals surface area contributed by atoms with Gasteiger partial charge in [-0.3, -0.25) is 0 Å². The third kappa shape index (κ3) is 4.59. The zero-order valence-corrected chi connectivity index (χ0v) is 12.4. The molecular formula is C15H32N2. The number of nitrogens with zero attached hydrogens (tertiary/aromatic N) is 1. The van der Waals surface area contributed by atoms with E-state index in [1.54, 1.807) is 0 Å². The van der Waals surface area contributed by atoms with Crippen molar-refractivity contribution in [1.29, 1.82) is 0 Å². The summed E-state index contributed by atoms with van der Waals surface area (Å²) >= 11 is 0. The summed E-state index contributed by atoms with van der Waals surface area (Å²) in [4.78, 5) is 2.74. The van der Waals surface area contributed by atoms with Gasteiger partial charge in [-0.05, 0) is 38.3 Å². The van der Waals surface area contributed by atoms with Crippen LogP contribution in [0, 0.1) is 5.41 Å². The first-order chi connectivity index (χ1) is 8.15. The van der Waals surface area contributed by atoms with Gasteiger partial charge in [-0.1, -0.05) is 40.0 Å². The highest BCUT2D eigenvalue weighted by Crippen LogP contribution is 2.27. The Bertz CT molecular complexity index is 199. The van der Waals surface area contributed by atoms with Gasteiger partial charge in [-0.2, -0.15) is 0 Å². The highest BCUT2D eigenvalue weighted by Gasteiger charge is 2.28. The minimum absolute atomic E-state index is 0.433. The highest BCUT2D eigenvalue weighted by molar-refractivity contribution is 4.83.